The summed E-state index contributed by atoms with van der Waals surface area (Å²) in [5.74, 6) is -0.337. The van der Waals surface area contributed by atoms with Crippen LogP contribution in [0.2, 0.25) is 5.02 Å². The maximum atomic E-state index is 12.4. The van der Waals surface area contributed by atoms with E-state index in [-0.39, 0.29) is 35.8 Å². The fourth-order valence-electron chi connectivity index (χ4n) is 3.22. The normalized spacial score (nSPS) is 24.0. The minimum absolute atomic E-state index is 0.00535. The van der Waals surface area contributed by atoms with Crippen molar-refractivity contribution in [3.8, 4) is 0 Å². The summed E-state index contributed by atoms with van der Waals surface area (Å²) in [5.41, 5.74) is 0.112. The number of hydrogen-bond acceptors (Lipinski definition) is 6. The zero-order chi connectivity index (χ0) is 22.1. The van der Waals surface area contributed by atoms with Gasteiger partial charge in [-0.1, -0.05) is 23.4 Å². The quantitative estimate of drug-likeness (QED) is 0.716. The molecule has 11 heteroatoms. The van der Waals surface area contributed by atoms with Crippen LogP contribution < -0.4 is 10.2 Å². The van der Waals surface area contributed by atoms with Gasteiger partial charge in [0.15, 0.2) is 15.0 Å². The molecular weight excluding hydrogens is 450 g/mol. The third-order valence-electron chi connectivity index (χ3n) is 4.40. The molecular formula is C19H24ClN3O5S2. The molecule has 2 amide bonds. The molecule has 0 radical (unpaired) electrons. The summed E-state index contributed by atoms with van der Waals surface area (Å²) in [6, 6.07) is 6.69. The summed E-state index contributed by atoms with van der Waals surface area (Å²) in [5, 5.41) is 3.37. The molecule has 3 rings (SSSR count). The van der Waals surface area contributed by atoms with Crippen LogP contribution >= 0.6 is 23.4 Å². The summed E-state index contributed by atoms with van der Waals surface area (Å²) in [6.07, 6.45) is -0.591. The molecule has 0 unspecified atom stereocenters. The molecule has 0 bridgehead atoms. The number of thioether (sulfide) groups is 1. The average molecular weight is 474 g/mol. The lowest BCUT2D eigenvalue weighted by Gasteiger charge is -2.24. The molecule has 0 spiro atoms. The van der Waals surface area contributed by atoms with E-state index in [9.17, 15) is 18.0 Å². The van der Waals surface area contributed by atoms with Gasteiger partial charge in [-0.15, -0.1) is 0 Å². The first kappa shape index (κ1) is 22.9. The van der Waals surface area contributed by atoms with E-state index in [2.05, 4.69) is 10.3 Å². The topological polar surface area (TPSA) is 105 Å². The largest absolute Gasteiger partial charge is 0.444 e. The lowest BCUT2D eigenvalue weighted by Crippen LogP contribution is -2.37. The zero-order valence-electron chi connectivity index (χ0n) is 16.9. The van der Waals surface area contributed by atoms with Gasteiger partial charge >= 0.3 is 6.09 Å². The maximum Gasteiger partial charge on any atom is 0.407 e. The monoisotopic (exact) mass is 473 g/mol. The molecule has 2 saturated heterocycles. The Labute approximate surface area is 185 Å². The molecule has 1 aromatic carbocycles. The molecule has 1 aromatic rings. The van der Waals surface area contributed by atoms with Gasteiger partial charge in [-0.3, -0.25) is 4.79 Å². The Morgan fingerprint density at radius 2 is 1.93 bits per heavy atom. The number of halogens is 1. The number of alkyl carbamates (subject to hydrolysis) is 1. The van der Waals surface area contributed by atoms with Gasteiger partial charge in [-0.05, 0) is 45.0 Å². The second-order valence-electron chi connectivity index (χ2n) is 8.11. The number of nitrogens with zero attached hydrogens (tertiary/aromatic N) is 2. The van der Waals surface area contributed by atoms with Crippen molar-refractivity contribution in [2.75, 3.05) is 23.0 Å². The van der Waals surface area contributed by atoms with Crippen LogP contribution in [0, 0.1) is 0 Å². The van der Waals surface area contributed by atoms with Crippen LogP contribution in [0.4, 0.5) is 10.5 Å². The van der Waals surface area contributed by atoms with Gasteiger partial charge in [0.25, 0.3) is 0 Å². The van der Waals surface area contributed by atoms with Crippen molar-refractivity contribution < 1.29 is 22.7 Å². The molecule has 0 aliphatic carbocycles. The number of ether oxygens (including phenoxy) is 1. The first-order chi connectivity index (χ1) is 13.9. The Bertz CT molecular complexity index is 957. The van der Waals surface area contributed by atoms with Crippen LogP contribution in [-0.4, -0.2) is 60.5 Å². The van der Waals surface area contributed by atoms with Crippen LogP contribution in [0.5, 0.6) is 0 Å². The van der Waals surface area contributed by atoms with Crippen LogP contribution in [0.1, 0.15) is 27.2 Å². The number of aliphatic imine (C=N–C) groups is 1. The van der Waals surface area contributed by atoms with E-state index in [1.54, 1.807) is 49.9 Å². The van der Waals surface area contributed by atoms with Gasteiger partial charge in [0.05, 0.1) is 17.5 Å². The molecule has 8 nitrogen and oxygen atoms in total. The number of nitrogens with one attached hydrogen (secondary N) is 1. The second kappa shape index (κ2) is 8.76. The standard InChI is InChI=1S/C19H24ClN3O5S2/c1-19(2,3)28-18(25)21-9-8-16(24)22-17-23(13-6-4-12(20)5-7-13)14-10-30(26,27)11-15(14)29-17/h4-7,14-15H,8-11H2,1-3H3,(H,21,25)/t14-,15+/m0/s1. The number of fused-ring (bicyclic) bond motifs is 1. The highest BCUT2D eigenvalue weighted by Gasteiger charge is 2.49. The van der Waals surface area contributed by atoms with Crippen molar-refractivity contribution >= 4 is 56.1 Å². The molecule has 2 aliphatic heterocycles. The van der Waals surface area contributed by atoms with Crippen molar-refractivity contribution in [3.63, 3.8) is 0 Å². The predicted molar refractivity (Wildman–Crippen MR) is 119 cm³/mol. The average Bonchev–Trinajstić information content (AvgIpc) is 3.05. The maximum absolute atomic E-state index is 12.4. The number of rotatable bonds is 4. The van der Waals surface area contributed by atoms with E-state index in [4.69, 9.17) is 16.3 Å². The third kappa shape index (κ3) is 5.89. The van der Waals surface area contributed by atoms with Crippen LogP contribution in [-0.2, 0) is 19.4 Å². The van der Waals surface area contributed by atoms with Crippen molar-refractivity contribution in [2.45, 2.75) is 44.1 Å². The van der Waals surface area contributed by atoms with E-state index in [0.717, 1.165) is 5.69 Å². The van der Waals surface area contributed by atoms with Gasteiger partial charge in [0, 0.05) is 28.9 Å². The minimum Gasteiger partial charge on any atom is -0.444 e. The molecule has 0 aromatic heterocycles. The number of hydrogen-bond donors (Lipinski definition) is 1. The molecule has 2 aliphatic rings. The number of anilines is 1. The van der Waals surface area contributed by atoms with Gasteiger partial charge < -0.3 is 15.0 Å². The lowest BCUT2D eigenvalue weighted by molar-refractivity contribution is -0.117. The third-order valence-corrected chi connectivity index (χ3v) is 7.86. The fourth-order valence-corrected chi connectivity index (χ4v) is 7.27. The SMILES string of the molecule is CC(C)(C)OC(=O)NCCC(=O)N=C1S[C@@H]2CS(=O)(=O)C[C@@H]2N1c1ccc(Cl)cc1. The first-order valence-electron chi connectivity index (χ1n) is 9.44. The van der Waals surface area contributed by atoms with E-state index >= 15 is 0 Å². The molecule has 0 saturated carbocycles. The highest BCUT2D eigenvalue weighted by atomic mass is 35.5. The summed E-state index contributed by atoms with van der Waals surface area (Å²) in [6.45, 7) is 5.35. The predicted octanol–water partition coefficient (Wildman–Crippen LogP) is 2.86. The molecule has 1 N–H and O–H groups in total. The smallest absolute Gasteiger partial charge is 0.407 e. The van der Waals surface area contributed by atoms with Crippen molar-refractivity contribution in [1.82, 2.24) is 5.32 Å². The van der Waals surface area contributed by atoms with Crippen molar-refractivity contribution in [2.24, 2.45) is 4.99 Å². The van der Waals surface area contributed by atoms with Gasteiger partial charge in [0.2, 0.25) is 5.91 Å². The highest BCUT2D eigenvalue weighted by molar-refractivity contribution is 8.16. The summed E-state index contributed by atoms with van der Waals surface area (Å²) in [4.78, 5) is 30.1. The summed E-state index contributed by atoms with van der Waals surface area (Å²) >= 11 is 7.27. The first-order valence-corrected chi connectivity index (χ1v) is 12.5. The number of carbonyl (C=O) groups excluding carboxylic acids is 2. The van der Waals surface area contributed by atoms with Gasteiger partial charge in [0.1, 0.15) is 5.60 Å². The molecule has 2 fully saturated rings. The second-order valence-corrected chi connectivity index (χ2v) is 11.9. The van der Waals surface area contributed by atoms with E-state index in [1.807, 2.05) is 0 Å². The Kier molecular flexibility index (Phi) is 6.69. The number of amidine groups is 1. The van der Waals surface area contributed by atoms with E-state index in [0.29, 0.717) is 10.2 Å². The van der Waals surface area contributed by atoms with Gasteiger partial charge in [-0.2, -0.15) is 4.99 Å². The summed E-state index contributed by atoms with van der Waals surface area (Å²) in [7, 11) is -3.14. The Balaban J connectivity index is 1.70. The number of sulfone groups is 1. The van der Waals surface area contributed by atoms with Gasteiger partial charge in [-0.25, -0.2) is 13.2 Å². The van der Waals surface area contributed by atoms with Crippen LogP contribution in [0.15, 0.2) is 29.3 Å². The van der Waals surface area contributed by atoms with Crippen LogP contribution in [0.3, 0.4) is 0 Å². The molecule has 164 valence electrons. The van der Waals surface area contributed by atoms with Crippen molar-refractivity contribution in [1.29, 1.82) is 0 Å². The Morgan fingerprint density at radius 1 is 1.27 bits per heavy atom. The fraction of sp³-hybridized carbons (Fsp3) is 0.526. The van der Waals surface area contributed by atoms with E-state index in [1.165, 1.54) is 11.8 Å². The lowest BCUT2D eigenvalue weighted by atomic mass is 10.2. The molecule has 2 atom stereocenters. The zero-order valence-corrected chi connectivity index (χ0v) is 19.3. The molecule has 2 heterocycles. The Morgan fingerprint density at radius 3 is 2.57 bits per heavy atom. The minimum atomic E-state index is -3.14. The number of carbonyl (C=O) groups is 2. The Hall–Kier alpha value is -1.78. The number of benzene rings is 1. The van der Waals surface area contributed by atoms with Crippen molar-refractivity contribution in [3.05, 3.63) is 29.3 Å². The summed E-state index contributed by atoms with van der Waals surface area (Å²) < 4.78 is 29.3. The number of amides is 2. The highest BCUT2D eigenvalue weighted by Crippen LogP contribution is 2.41. The van der Waals surface area contributed by atoms with E-state index < -0.39 is 27.4 Å². The van der Waals surface area contributed by atoms with Crippen LogP contribution in [0.25, 0.3) is 0 Å². The molecule has 30 heavy (non-hydrogen) atoms.